The Labute approximate surface area is 80.6 Å². The smallest absolute Gasteiger partial charge is 0.334 e. The summed E-state index contributed by atoms with van der Waals surface area (Å²) in [6.07, 6.45) is 3.34. The Kier molecular flexibility index (Phi) is 1.80. The molecular weight excluding hydrogens is 182 g/mol. The first kappa shape index (κ1) is 8.80. The first-order valence-corrected chi connectivity index (χ1v) is 4.28. The molecule has 0 fully saturated rings. The minimum absolute atomic E-state index is 0.135. The van der Waals surface area contributed by atoms with Gasteiger partial charge in [0.1, 0.15) is 0 Å². The summed E-state index contributed by atoms with van der Waals surface area (Å²) < 4.78 is 8.00. The minimum Gasteiger partial charge on any atom is -0.337 e. The third-order valence-corrected chi connectivity index (χ3v) is 2.30. The maximum atomic E-state index is 11.6. The van der Waals surface area contributed by atoms with Crippen molar-refractivity contribution in [3.63, 3.8) is 0 Å². The molecule has 5 heteroatoms. The van der Waals surface area contributed by atoms with E-state index in [1.165, 1.54) is 9.13 Å². The van der Waals surface area contributed by atoms with Crippen LogP contribution in [-0.4, -0.2) is 14.3 Å². The molecule has 5 nitrogen and oxygen atoms in total. The van der Waals surface area contributed by atoms with Crippen molar-refractivity contribution in [2.45, 2.75) is 13.8 Å². The molecule has 0 aliphatic rings. The summed E-state index contributed by atoms with van der Waals surface area (Å²) in [7, 11) is 1.69. The maximum Gasteiger partial charge on any atom is 0.334 e. The number of hydrogen-bond acceptors (Lipinski definition) is 3. The summed E-state index contributed by atoms with van der Waals surface area (Å²) in [5.41, 5.74) is 1.55. The molecule has 0 saturated carbocycles. The van der Waals surface area contributed by atoms with Crippen LogP contribution in [0.25, 0.3) is 5.88 Å². The standard InChI is InChI=1S/C9H11N3O2/c1-6-7(2)10-14-8(6)12-5-4-11(3)9(12)13/h4-5H,1-3H3. The van der Waals surface area contributed by atoms with Crippen LogP contribution in [0.5, 0.6) is 0 Å². The molecule has 0 unspecified atom stereocenters. The Bertz CT molecular complexity index is 518. The second-order valence-electron chi connectivity index (χ2n) is 3.26. The van der Waals surface area contributed by atoms with Crippen LogP contribution in [0.2, 0.25) is 0 Å². The second kappa shape index (κ2) is 2.87. The average molecular weight is 193 g/mol. The lowest BCUT2D eigenvalue weighted by molar-refractivity contribution is 0.398. The van der Waals surface area contributed by atoms with Crippen molar-refractivity contribution >= 4 is 0 Å². The highest BCUT2D eigenvalue weighted by molar-refractivity contribution is 5.32. The quantitative estimate of drug-likeness (QED) is 0.672. The highest BCUT2D eigenvalue weighted by atomic mass is 16.5. The predicted molar refractivity (Wildman–Crippen MR) is 50.5 cm³/mol. The number of hydrogen-bond donors (Lipinski definition) is 0. The van der Waals surface area contributed by atoms with Crippen molar-refractivity contribution in [3.8, 4) is 5.88 Å². The molecule has 0 saturated heterocycles. The van der Waals surface area contributed by atoms with Gasteiger partial charge >= 0.3 is 5.69 Å². The van der Waals surface area contributed by atoms with Crippen LogP contribution < -0.4 is 5.69 Å². The highest BCUT2D eigenvalue weighted by Crippen LogP contribution is 2.14. The van der Waals surface area contributed by atoms with E-state index in [1.807, 2.05) is 13.8 Å². The summed E-state index contributed by atoms with van der Waals surface area (Å²) in [5.74, 6) is 0.494. The second-order valence-corrected chi connectivity index (χ2v) is 3.26. The van der Waals surface area contributed by atoms with E-state index >= 15 is 0 Å². The van der Waals surface area contributed by atoms with Gasteiger partial charge in [-0.05, 0) is 13.8 Å². The van der Waals surface area contributed by atoms with Crippen LogP contribution in [0.15, 0.2) is 21.7 Å². The van der Waals surface area contributed by atoms with E-state index in [9.17, 15) is 4.79 Å². The van der Waals surface area contributed by atoms with E-state index in [0.717, 1.165) is 11.3 Å². The van der Waals surface area contributed by atoms with Gasteiger partial charge in [0, 0.05) is 25.0 Å². The van der Waals surface area contributed by atoms with E-state index in [-0.39, 0.29) is 5.69 Å². The molecule has 0 radical (unpaired) electrons. The molecule has 0 aromatic carbocycles. The summed E-state index contributed by atoms with van der Waals surface area (Å²) in [6, 6.07) is 0. The van der Waals surface area contributed by atoms with E-state index in [2.05, 4.69) is 5.16 Å². The van der Waals surface area contributed by atoms with Crippen LogP contribution in [0, 0.1) is 13.8 Å². The molecule has 2 aromatic rings. The van der Waals surface area contributed by atoms with Gasteiger partial charge in [-0.1, -0.05) is 5.16 Å². The molecule has 74 valence electrons. The maximum absolute atomic E-state index is 11.6. The van der Waals surface area contributed by atoms with Crippen LogP contribution in [-0.2, 0) is 7.05 Å². The van der Waals surface area contributed by atoms with Gasteiger partial charge in [0.2, 0.25) is 5.88 Å². The van der Waals surface area contributed by atoms with Crippen molar-refractivity contribution in [3.05, 3.63) is 34.1 Å². The van der Waals surface area contributed by atoms with Gasteiger partial charge in [0.25, 0.3) is 0 Å². The lowest BCUT2D eigenvalue weighted by Crippen LogP contribution is -2.20. The fourth-order valence-corrected chi connectivity index (χ4v) is 1.25. The fraction of sp³-hybridized carbons (Fsp3) is 0.333. The van der Waals surface area contributed by atoms with Gasteiger partial charge in [-0.15, -0.1) is 0 Å². The lowest BCUT2D eigenvalue weighted by atomic mass is 10.3. The van der Waals surface area contributed by atoms with Gasteiger partial charge < -0.3 is 9.09 Å². The first-order valence-electron chi connectivity index (χ1n) is 4.28. The molecule has 2 aromatic heterocycles. The Morgan fingerprint density at radius 1 is 1.36 bits per heavy atom. The van der Waals surface area contributed by atoms with Gasteiger partial charge in [-0.25, -0.2) is 9.36 Å². The van der Waals surface area contributed by atoms with Crippen LogP contribution in [0.1, 0.15) is 11.3 Å². The molecule has 0 amide bonds. The van der Waals surface area contributed by atoms with Crippen molar-refractivity contribution < 1.29 is 4.52 Å². The Morgan fingerprint density at radius 2 is 2.07 bits per heavy atom. The predicted octanol–water partition coefficient (Wildman–Crippen LogP) is 0.781. The molecular formula is C9H11N3O2. The molecule has 2 heterocycles. The highest BCUT2D eigenvalue weighted by Gasteiger charge is 2.12. The summed E-state index contributed by atoms with van der Waals surface area (Å²) in [5, 5.41) is 3.80. The molecule has 0 aliphatic heterocycles. The minimum atomic E-state index is -0.135. The summed E-state index contributed by atoms with van der Waals surface area (Å²) in [4.78, 5) is 11.6. The van der Waals surface area contributed by atoms with Gasteiger partial charge in [-0.2, -0.15) is 0 Å². The number of aryl methyl sites for hydroxylation is 2. The number of nitrogens with zero attached hydrogens (tertiary/aromatic N) is 3. The molecule has 0 atom stereocenters. The van der Waals surface area contributed by atoms with E-state index in [1.54, 1.807) is 19.4 Å². The first-order chi connectivity index (χ1) is 6.61. The van der Waals surface area contributed by atoms with Gasteiger partial charge in [-0.3, -0.25) is 0 Å². The average Bonchev–Trinajstić information content (AvgIpc) is 2.63. The van der Waals surface area contributed by atoms with E-state index in [4.69, 9.17) is 4.52 Å². The van der Waals surface area contributed by atoms with E-state index in [0.29, 0.717) is 5.88 Å². The van der Waals surface area contributed by atoms with E-state index < -0.39 is 0 Å². The van der Waals surface area contributed by atoms with Gasteiger partial charge in [0.05, 0.1) is 5.69 Å². The zero-order chi connectivity index (χ0) is 10.3. The number of imidazole rings is 1. The third-order valence-electron chi connectivity index (χ3n) is 2.30. The Balaban J connectivity index is 2.66. The topological polar surface area (TPSA) is 53.0 Å². The molecule has 0 aliphatic carbocycles. The normalized spacial score (nSPS) is 10.8. The lowest BCUT2D eigenvalue weighted by Gasteiger charge is -1.94. The zero-order valence-corrected chi connectivity index (χ0v) is 8.31. The Morgan fingerprint density at radius 3 is 2.50 bits per heavy atom. The number of rotatable bonds is 1. The van der Waals surface area contributed by atoms with Gasteiger partial charge in [0.15, 0.2) is 0 Å². The van der Waals surface area contributed by atoms with Crippen LogP contribution >= 0.6 is 0 Å². The number of aromatic nitrogens is 3. The molecule has 0 bridgehead atoms. The monoisotopic (exact) mass is 193 g/mol. The Hall–Kier alpha value is -1.78. The van der Waals surface area contributed by atoms with Crippen LogP contribution in [0.3, 0.4) is 0 Å². The summed E-state index contributed by atoms with van der Waals surface area (Å²) in [6.45, 7) is 3.72. The van der Waals surface area contributed by atoms with Crippen molar-refractivity contribution in [2.24, 2.45) is 7.05 Å². The molecule has 0 N–H and O–H groups in total. The largest absolute Gasteiger partial charge is 0.337 e. The van der Waals surface area contributed by atoms with Crippen molar-refractivity contribution in [2.75, 3.05) is 0 Å². The van der Waals surface area contributed by atoms with Crippen molar-refractivity contribution in [1.82, 2.24) is 14.3 Å². The molecule has 0 spiro atoms. The fourth-order valence-electron chi connectivity index (χ4n) is 1.25. The SMILES string of the molecule is Cc1noc(-n2ccn(C)c2=O)c1C. The molecule has 2 rings (SSSR count). The zero-order valence-electron chi connectivity index (χ0n) is 8.31. The summed E-state index contributed by atoms with van der Waals surface area (Å²) >= 11 is 0. The van der Waals surface area contributed by atoms with Crippen molar-refractivity contribution in [1.29, 1.82) is 0 Å². The molecule has 14 heavy (non-hydrogen) atoms. The van der Waals surface area contributed by atoms with Crippen LogP contribution in [0.4, 0.5) is 0 Å². The third kappa shape index (κ3) is 1.09.